The summed E-state index contributed by atoms with van der Waals surface area (Å²) in [7, 11) is 0. The van der Waals surface area contributed by atoms with Gasteiger partial charge in [0.2, 0.25) is 5.91 Å². The van der Waals surface area contributed by atoms with Crippen LogP contribution < -0.4 is 5.32 Å². The zero-order valence-electron chi connectivity index (χ0n) is 46.4. The van der Waals surface area contributed by atoms with E-state index in [1.54, 1.807) is 0 Å². The van der Waals surface area contributed by atoms with Gasteiger partial charge < -0.3 is 50.5 Å². The molecule has 0 aromatic rings. The van der Waals surface area contributed by atoms with Crippen molar-refractivity contribution in [3.8, 4) is 0 Å². The number of aliphatic hydroxyl groups is 7. The molecular formula is C61H115NO10. The van der Waals surface area contributed by atoms with Gasteiger partial charge in [-0.1, -0.05) is 237 Å². The van der Waals surface area contributed by atoms with Crippen molar-refractivity contribution in [1.82, 2.24) is 5.32 Å². The number of aliphatic hydroxyl groups excluding tert-OH is 7. The Labute approximate surface area is 441 Å². The van der Waals surface area contributed by atoms with E-state index in [-0.39, 0.29) is 12.8 Å². The summed E-state index contributed by atoms with van der Waals surface area (Å²) in [5, 5.41) is 76.1. The van der Waals surface area contributed by atoms with Crippen molar-refractivity contribution in [3.63, 3.8) is 0 Å². The van der Waals surface area contributed by atoms with E-state index in [1.165, 1.54) is 173 Å². The summed E-state index contributed by atoms with van der Waals surface area (Å²) in [6.45, 7) is 3.45. The Morgan fingerprint density at radius 2 is 0.833 bits per heavy atom. The van der Waals surface area contributed by atoms with Crippen LogP contribution in [0, 0.1) is 0 Å². The average molecular weight is 1020 g/mol. The van der Waals surface area contributed by atoms with Gasteiger partial charge in [-0.15, -0.1) is 0 Å². The summed E-state index contributed by atoms with van der Waals surface area (Å²) in [6.07, 6.45) is 50.7. The van der Waals surface area contributed by atoms with Gasteiger partial charge in [0.15, 0.2) is 6.29 Å². The standard InChI is InChI=1S/C61H115NO10/c1-3-5-7-9-11-13-15-17-19-21-22-23-24-25-26-27-28-29-30-31-32-33-35-36-38-40-42-44-46-48-53(64)56(66)52(51-71-61-59(69)58(68)57(67)55(50-63)72-61)62-60(70)54(65)49-47-45-43-41-39-37-34-20-18-16-14-12-10-8-6-4-2/h18,20,33,35,40,42,52-59,61,63-69H,3-17,19,21-32,34,36-39,41,43-51H2,1-2H3,(H,62,70)/b20-18-,35-33+,42-40+. The number of hydrogen-bond acceptors (Lipinski definition) is 10. The monoisotopic (exact) mass is 1020 g/mol. The highest BCUT2D eigenvalue weighted by Gasteiger charge is 2.44. The van der Waals surface area contributed by atoms with Crippen molar-refractivity contribution < 1.29 is 50.0 Å². The first-order valence-corrected chi connectivity index (χ1v) is 30.4. The number of rotatable bonds is 52. The molecule has 0 radical (unpaired) electrons. The van der Waals surface area contributed by atoms with Crippen LogP contribution in [0.2, 0.25) is 0 Å². The van der Waals surface area contributed by atoms with Crippen LogP contribution in [0.25, 0.3) is 0 Å². The molecule has 1 amide bonds. The minimum Gasteiger partial charge on any atom is -0.394 e. The van der Waals surface area contributed by atoms with Crippen LogP contribution >= 0.6 is 0 Å². The van der Waals surface area contributed by atoms with Gasteiger partial charge in [-0.05, 0) is 77.0 Å². The Hall–Kier alpha value is -1.67. The largest absolute Gasteiger partial charge is 0.394 e. The number of carbonyl (C=O) groups excluding carboxylic acids is 1. The number of carbonyl (C=O) groups is 1. The molecule has 1 aliphatic rings. The molecule has 1 fully saturated rings. The number of allylic oxidation sites excluding steroid dienone is 6. The van der Waals surface area contributed by atoms with Crippen LogP contribution in [0.5, 0.6) is 0 Å². The molecule has 1 rings (SSSR count). The number of unbranched alkanes of at least 4 members (excludes halogenated alkanes) is 34. The molecule has 0 saturated carbocycles. The lowest BCUT2D eigenvalue weighted by molar-refractivity contribution is -0.303. The number of hydrogen-bond donors (Lipinski definition) is 8. The molecule has 0 aromatic heterocycles. The summed E-state index contributed by atoms with van der Waals surface area (Å²) in [5.74, 6) is -0.714. The fourth-order valence-electron chi connectivity index (χ4n) is 9.69. The maximum atomic E-state index is 13.2. The summed E-state index contributed by atoms with van der Waals surface area (Å²) < 4.78 is 11.1. The van der Waals surface area contributed by atoms with Gasteiger partial charge in [0.25, 0.3) is 0 Å². The third-order valence-electron chi connectivity index (χ3n) is 14.6. The summed E-state index contributed by atoms with van der Waals surface area (Å²) in [5.41, 5.74) is 0. The molecule has 8 N–H and O–H groups in total. The molecule has 424 valence electrons. The highest BCUT2D eigenvalue weighted by molar-refractivity contribution is 5.80. The van der Waals surface area contributed by atoms with Crippen molar-refractivity contribution in [2.24, 2.45) is 0 Å². The molecular weight excluding hydrogens is 907 g/mol. The molecule has 11 heteroatoms. The van der Waals surface area contributed by atoms with E-state index in [9.17, 15) is 40.5 Å². The first kappa shape index (κ1) is 68.3. The lowest BCUT2D eigenvalue weighted by Gasteiger charge is -2.40. The van der Waals surface area contributed by atoms with Gasteiger partial charge in [0.05, 0.1) is 25.4 Å². The molecule has 9 atom stereocenters. The van der Waals surface area contributed by atoms with Crippen LogP contribution in [0.4, 0.5) is 0 Å². The topological polar surface area (TPSA) is 189 Å². The first-order valence-electron chi connectivity index (χ1n) is 30.4. The smallest absolute Gasteiger partial charge is 0.249 e. The second kappa shape index (κ2) is 50.2. The van der Waals surface area contributed by atoms with Gasteiger partial charge in [0.1, 0.15) is 36.6 Å². The zero-order chi connectivity index (χ0) is 52.5. The maximum Gasteiger partial charge on any atom is 0.249 e. The van der Waals surface area contributed by atoms with Crippen molar-refractivity contribution in [2.45, 2.75) is 332 Å². The lowest BCUT2D eigenvalue weighted by Crippen LogP contribution is -2.60. The van der Waals surface area contributed by atoms with Crippen molar-refractivity contribution in [1.29, 1.82) is 0 Å². The normalized spacial score (nSPS) is 20.3. The van der Waals surface area contributed by atoms with Crippen molar-refractivity contribution in [2.75, 3.05) is 13.2 Å². The van der Waals surface area contributed by atoms with Gasteiger partial charge in [0, 0.05) is 0 Å². The molecule has 1 saturated heterocycles. The fourth-order valence-corrected chi connectivity index (χ4v) is 9.69. The fraction of sp³-hybridized carbons (Fsp3) is 0.885. The van der Waals surface area contributed by atoms with Crippen molar-refractivity contribution in [3.05, 3.63) is 36.5 Å². The third kappa shape index (κ3) is 38.0. The van der Waals surface area contributed by atoms with Crippen LogP contribution in [0.15, 0.2) is 36.5 Å². The Morgan fingerprint density at radius 1 is 0.472 bits per heavy atom. The van der Waals surface area contributed by atoms with E-state index < -0.39 is 74.2 Å². The molecule has 0 spiro atoms. The highest BCUT2D eigenvalue weighted by Crippen LogP contribution is 2.23. The predicted octanol–water partition coefficient (Wildman–Crippen LogP) is 13.1. The molecule has 11 nitrogen and oxygen atoms in total. The quantitative estimate of drug-likeness (QED) is 0.0215. The van der Waals surface area contributed by atoms with Crippen LogP contribution in [-0.2, 0) is 14.3 Å². The number of ether oxygens (including phenoxy) is 2. The second-order valence-electron chi connectivity index (χ2n) is 21.4. The molecule has 0 aromatic carbocycles. The lowest BCUT2D eigenvalue weighted by atomic mass is 9.98. The molecule has 1 aliphatic heterocycles. The van der Waals surface area contributed by atoms with Gasteiger partial charge in [-0.2, -0.15) is 0 Å². The first-order chi connectivity index (χ1) is 35.2. The number of nitrogens with one attached hydrogen (secondary N) is 1. The van der Waals surface area contributed by atoms with Gasteiger partial charge in [-0.25, -0.2) is 0 Å². The van der Waals surface area contributed by atoms with Crippen molar-refractivity contribution >= 4 is 5.91 Å². The van der Waals surface area contributed by atoms with E-state index in [1.807, 2.05) is 0 Å². The van der Waals surface area contributed by atoms with E-state index in [2.05, 4.69) is 55.6 Å². The Bertz CT molecular complexity index is 1260. The van der Waals surface area contributed by atoms with Crippen LogP contribution in [0.1, 0.15) is 277 Å². The van der Waals surface area contributed by atoms with E-state index >= 15 is 0 Å². The summed E-state index contributed by atoms with van der Waals surface area (Å²) in [6, 6.07) is -1.19. The predicted molar refractivity (Wildman–Crippen MR) is 298 cm³/mol. The molecule has 0 bridgehead atoms. The van der Waals surface area contributed by atoms with Gasteiger partial charge in [-0.3, -0.25) is 4.79 Å². The molecule has 72 heavy (non-hydrogen) atoms. The van der Waals surface area contributed by atoms with E-state index in [4.69, 9.17) is 9.47 Å². The Balaban J connectivity index is 2.29. The zero-order valence-corrected chi connectivity index (χ0v) is 46.4. The minimum atomic E-state index is -1.67. The Kier molecular flexibility index (Phi) is 47.6. The maximum absolute atomic E-state index is 13.2. The second-order valence-corrected chi connectivity index (χ2v) is 21.4. The summed E-state index contributed by atoms with van der Waals surface area (Å²) >= 11 is 0. The average Bonchev–Trinajstić information content (AvgIpc) is 3.38. The number of amides is 1. The SMILES string of the molecule is CCCCCCCC/C=C\CCCCCCCCC(O)C(=O)NC(COC1OC(CO)C(O)C(O)C1O)C(O)C(O)CCC/C=C/CC/C=C/CCCCCCCCCCCCCCCCCCCCCC. The minimum absolute atomic E-state index is 0.244. The van der Waals surface area contributed by atoms with E-state index in [0.29, 0.717) is 19.3 Å². The molecule has 0 aliphatic carbocycles. The Morgan fingerprint density at radius 3 is 1.24 bits per heavy atom. The highest BCUT2D eigenvalue weighted by atomic mass is 16.7. The van der Waals surface area contributed by atoms with Crippen LogP contribution in [0.3, 0.4) is 0 Å². The van der Waals surface area contributed by atoms with Gasteiger partial charge >= 0.3 is 0 Å². The third-order valence-corrected chi connectivity index (χ3v) is 14.6. The molecule has 9 unspecified atom stereocenters. The van der Waals surface area contributed by atoms with E-state index in [0.717, 1.165) is 57.8 Å². The molecule has 1 heterocycles. The summed E-state index contributed by atoms with van der Waals surface area (Å²) in [4.78, 5) is 13.2. The van der Waals surface area contributed by atoms with Crippen LogP contribution in [-0.4, -0.2) is 110 Å².